The van der Waals surface area contributed by atoms with Crippen molar-refractivity contribution in [2.24, 2.45) is 0 Å². The summed E-state index contributed by atoms with van der Waals surface area (Å²) < 4.78 is 11.1. The molecule has 0 N–H and O–H groups in total. The van der Waals surface area contributed by atoms with Gasteiger partial charge in [0.2, 0.25) is 0 Å². The maximum atomic E-state index is 11.7. The third kappa shape index (κ3) is 4.31. The number of carbonyl (C=O) groups is 1. The van der Waals surface area contributed by atoms with E-state index in [1.165, 1.54) is 0 Å². The van der Waals surface area contributed by atoms with Gasteiger partial charge in [-0.05, 0) is 32.1 Å². The van der Waals surface area contributed by atoms with Gasteiger partial charge in [0.15, 0.2) is 12.1 Å². The zero-order valence-corrected chi connectivity index (χ0v) is 9.83. The highest BCUT2D eigenvalue weighted by atomic mass is 16.7. The summed E-state index contributed by atoms with van der Waals surface area (Å²) in [5.74, 6) is 0.217. The zero-order chi connectivity index (χ0) is 11.1. The standard InChI is InChI=1S/C12H22O3/c1-3-7-10(13)11(4-2)15-12-8-5-6-9-14-12/h11-12H,3-9H2,1-2H3. The molecule has 0 amide bonds. The molecule has 1 heterocycles. The first-order chi connectivity index (χ1) is 7.27. The quantitative estimate of drug-likeness (QED) is 0.682. The van der Waals surface area contributed by atoms with Crippen LogP contribution in [0.5, 0.6) is 0 Å². The number of ether oxygens (including phenoxy) is 2. The van der Waals surface area contributed by atoms with Crippen LogP contribution >= 0.6 is 0 Å². The largest absolute Gasteiger partial charge is 0.353 e. The molecule has 1 rings (SSSR count). The smallest absolute Gasteiger partial charge is 0.161 e. The zero-order valence-electron chi connectivity index (χ0n) is 9.83. The van der Waals surface area contributed by atoms with E-state index < -0.39 is 0 Å². The second-order valence-corrected chi connectivity index (χ2v) is 4.05. The second kappa shape index (κ2) is 6.96. The molecule has 0 radical (unpaired) electrons. The summed E-state index contributed by atoms with van der Waals surface area (Å²) in [6.07, 6.45) is 5.03. The van der Waals surface area contributed by atoms with Crippen molar-refractivity contribution in [3.05, 3.63) is 0 Å². The van der Waals surface area contributed by atoms with Crippen LogP contribution in [0.25, 0.3) is 0 Å². The Morgan fingerprint density at radius 2 is 2.27 bits per heavy atom. The average Bonchev–Trinajstić information content (AvgIpc) is 2.27. The van der Waals surface area contributed by atoms with Crippen molar-refractivity contribution in [3.63, 3.8) is 0 Å². The predicted octanol–water partition coefficient (Wildman–Crippen LogP) is 2.68. The molecule has 0 aromatic heterocycles. The lowest BCUT2D eigenvalue weighted by Gasteiger charge is -2.26. The molecule has 1 fully saturated rings. The van der Waals surface area contributed by atoms with Crippen LogP contribution in [0, 0.1) is 0 Å². The summed E-state index contributed by atoms with van der Waals surface area (Å²) in [4.78, 5) is 11.7. The van der Waals surface area contributed by atoms with Gasteiger partial charge >= 0.3 is 0 Å². The van der Waals surface area contributed by atoms with Crippen LogP contribution in [0.2, 0.25) is 0 Å². The minimum absolute atomic E-state index is 0.149. The van der Waals surface area contributed by atoms with Crippen molar-refractivity contribution in [2.75, 3.05) is 6.61 Å². The fourth-order valence-corrected chi connectivity index (χ4v) is 1.81. The Labute approximate surface area is 92.1 Å². The molecule has 88 valence electrons. The van der Waals surface area contributed by atoms with E-state index in [1.54, 1.807) is 0 Å². The monoisotopic (exact) mass is 214 g/mol. The predicted molar refractivity (Wildman–Crippen MR) is 58.7 cm³/mol. The number of rotatable bonds is 6. The minimum Gasteiger partial charge on any atom is -0.353 e. The van der Waals surface area contributed by atoms with Crippen molar-refractivity contribution in [3.8, 4) is 0 Å². The van der Waals surface area contributed by atoms with E-state index in [2.05, 4.69) is 0 Å². The molecule has 1 aliphatic heterocycles. The van der Waals surface area contributed by atoms with Crippen LogP contribution in [-0.2, 0) is 14.3 Å². The molecule has 3 nitrogen and oxygen atoms in total. The van der Waals surface area contributed by atoms with Gasteiger partial charge in [0.05, 0.1) is 0 Å². The molecule has 0 aromatic carbocycles. The Kier molecular flexibility index (Phi) is 5.88. The highest BCUT2D eigenvalue weighted by Gasteiger charge is 2.22. The van der Waals surface area contributed by atoms with Crippen molar-refractivity contribution >= 4 is 5.78 Å². The van der Waals surface area contributed by atoms with Crippen molar-refractivity contribution in [1.29, 1.82) is 0 Å². The Balaban J connectivity index is 2.34. The number of ketones is 1. The number of Topliss-reactive ketones (excluding diaryl/α,β-unsaturated/α-hetero) is 1. The van der Waals surface area contributed by atoms with Crippen LogP contribution in [0.4, 0.5) is 0 Å². The summed E-state index contributed by atoms with van der Waals surface area (Å²) in [5.41, 5.74) is 0. The maximum Gasteiger partial charge on any atom is 0.161 e. The number of hydrogen-bond donors (Lipinski definition) is 0. The molecule has 15 heavy (non-hydrogen) atoms. The molecular formula is C12H22O3. The third-order valence-corrected chi connectivity index (χ3v) is 2.68. The molecule has 0 aliphatic carbocycles. The fraction of sp³-hybridized carbons (Fsp3) is 0.917. The van der Waals surface area contributed by atoms with Gasteiger partial charge in [-0.1, -0.05) is 13.8 Å². The van der Waals surface area contributed by atoms with E-state index in [0.29, 0.717) is 6.42 Å². The van der Waals surface area contributed by atoms with Gasteiger partial charge in [-0.2, -0.15) is 0 Å². The van der Waals surface area contributed by atoms with E-state index >= 15 is 0 Å². The second-order valence-electron chi connectivity index (χ2n) is 4.05. The summed E-state index contributed by atoms with van der Waals surface area (Å²) in [5, 5.41) is 0. The van der Waals surface area contributed by atoms with E-state index in [9.17, 15) is 4.79 Å². The minimum atomic E-state index is -0.256. The molecule has 0 aromatic rings. The average molecular weight is 214 g/mol. The Bertz CT molecular complexity index is 185. The van der Waals surface area contributed by atoms with Crippen molar-refractivity contribution < 1.29 is 14.3 Å². The van der Waals surface area contributed by atoms with Crippen LogP contribution in [0.15, 0.2) is 0 Å². The molecule has 0 spiro atoms. The first kappa shape index (κ1) is 12.7. The Hall–Kier alpha value is -0.410. The van der Waals surface area contributed by atoms with Crippen LogP contribution in [0.1, 0.15) is 52.4 Å². The maximum absolute atomic E-state index is 11.7. The van der Waals surface area contributed by atoms with Gasteiger partial charge in [0.25, 0.3) is 0 Å². The highest BCUT2D eigenvalue weighted by molar-refractivity contribution is 5.82. The highest BCUT2D eigenvalue weighted by Crippen LogP contribution is 2.17. The third-order valence-electron chi connectivity index (χ3n) is 2.68. The molecule has 0 bridgehead atoms. The van der Waals surface area contributed by atoms with Gasteiger partial charge in [0, 0.05) is 13.0 Å². The lowest BCUT2D eigenvalue weighted by Crippen LogP contribution is -2.32. The van der Waals surface area contributed by atoms with Gasteiger partial charge in [-0.15, -0.1) is 0 Å². The van der Waals surface area contributed by atoms with E-state index in [1.807, 2.05) is 13.8 Å². The SMILES string of the molecule is CCCC(=O)C(CC)OC1CCCCO1. The topological polar surface area (TPSA) is 35.5 Å². The van der Waals surface area contributed by atoms with Crippen molar-refractivity contribution in [2.45, 2.75) is 64.8 Å². The van der Waals surface area contributed by atoms with E-state index in [-0.39, 0.29) is 18.2 Å². The van der Waals surface area contributed by atoms with Crippen molar-refractivity contribution in [1.82, 2.24) is 0 Å². The van der Waals surface area contributed by atoms with Crippen LogP contribution < -0.4 is 0 Å². The number of hydrogen-bond acceptors (Lipinski definition) is 3. The van der Waals surface area contributed by atoms with Crippen LogP contribution in [0.3, 0.4) is 0 Å². The lowest BCUT2D eigenvalue weighted by molar-refractivity contribution is -0.191. The van der Waals surface area contributed by atoms with Gasteiger partial charge < -0.3 is 9.47 Å². The summed E-state index contributed by atoms with van der Waals surface area (Å²) in [6, 6.07) is 0. The van der Waals surface area contributed by atoms with Gasteiger partial charge in [-0.25, -0.2) is 0 Å². The normalized spacial score (nSPS) is 23.7. The fourth-order valence-electron chi connectivity index (χ4n) is 1.81. The summed E-state index contributed by atoms with van der Waals surface area (Å²) in [7, 11) is 0. The summed E-state index contributed by atoms with van der Waals surface area (Å²) >= 11 is 0. The lowest BCUT2D eigenvalue weighted by atomic mass is 10.1. The summed E-state index contributed by atoms with van der Waals surface area (Å²) in [6.45, 7) is 4.77. The van der Waals surface area contributed by atoms with Gasteiger partial charge in [-0.3, -0.25) is 4.79 Å². The number of carbonyl (C=O) groups excluding carboxylic acids is 1. The Morgan fingerprint density at radius 3 is 2.80 bits per heavy atom. The molecule has 1 saturated heterocycles. The molecule has 2 unspecified atom stereocenters. The van der Waals surface area contributed by atoms with E-state index in [4.69, 9.17) is 9.47 Å². The first-order valence-electron chi connectivity index (χ1n) is 6.07. The molecule has 2 atom stereocenters. The first-order valence-corrected chi connectivity index (χ1v) is 6.07. The molecular weight excluding hydrogens is 192 g/mol. The molecule has 3 heteroatoms. The molecule has 0 saturated carbocycles. The molecule has 1 aliphatic rings. The van der Waals surface area contributed by atoms with Crippen LogP contribution in [-0.4, -0.2) is 24.8 Å². The Morgan fingerprint density at radius 1 is 1.47 bits per heavy atom. The van der Waals surface area contributed by atoms with Gasteiger partial charge in [0.1, 0.15) is 6.10 Å². The van der Waals surface area contributed by atoms with E-state index in [0.717, 1.165) is 38.7 Å².